The molecule has 0 saturated heterocycles. The maximum Gasteiger partial charge on any atom is 0.254 e. The van der Waals surface area contributed by atoms with Crippen LogP contribution in [0.4, 0.5) is 11.4 Å². The fourth-order valence-corrected chi connectivity index (χ4v) is 3.24. The Morgan fingerprint density at radius 3 is 2.32 bits per heavy atom. The lowest BCUT2D eigenvalue weighted by Crippen LogP contribution is -2.41. The number of fused-ring (bicyclic) bond motifs is 1. The minimum absolute atomic E-state index is 0.0803. The second kappa shape index (κ2) is 9.13. The van der Waals surface area contributed by atoms with Crippen molar-refractivity contribution in [2.45, 2.75) is 18.9 Å². The Labute approximate surface area is 179 Å². The van der Waals surface area contributed by atoms with E-state index in [9.17, 15) is 14.4 Å². The van der Waals surface area contributed by atoms with Crippen LogP contribution in [0.15, 0.2) is 78.9 Å². The molecule has 1 aliphatic rings. The molecular weight excluding hydrogens is 394 g/mol. The third-order valence-corrected chi connectivity index (χ3v) is 4.83. The first kappa shape index (κ1) is 20.2. The zero-order valence-corrected chi connectivity index (χ0v) is 16.6. The summed E-state index contributed by atoms with van der Waals surface area (Å²) in [5, 5.41) is 8.21. The highest BCUT2D eigenvalue weighted by atomic mass is 16.5. The maximum absolute atomic E-state index is 12.4. The zero-order valence-electron chi connectivity index (χ0n) is 16.6. The van der Waals surface area contributed by atoms with Crippen LogP contribution in [0.3, 0.4) is 0 Å². The molecule has 3 amide bonds. The minimum Gasteiger partial charge on any atom is -0.457 e. The van der Waals surface area contributed by atoms with Gasteiger partial charge in [0.25, 0.3) is 5.91 Å². The molecule has 3 aromatic carbocycles. The highest BCUT2D eigenvalue weighted by molar-refractivity contribution is 6.10. The van der Waals surface area contributed by atoms with Crippen LogP contribution < -0.4 is 20.7 Å². The van der Waals surface area contributed by atoms with Gasteiger partial charge in [-0.3, -0.25) is 14.4 Å². The molecule has 1 unspecified atom stereocenters. The monoisotopic (exact) mass is 415 g/mol. The number of para-hydroxylation sites is 2. The van der Waals surface area contributed by atoms with Crippen molar-refractivity contribution in [1.82, 2.24) is 5.32 Å². The van der Waals surface area contributed by atoms with E-state index >= 15 is 0 Å². The molecule has 0 fully saturated rings. The fraction of sp³-hybridized carbons (Fsp3) is 0.125. The van der Waals surface area contributed by atoms with Crippen molar-refractivity contribution < 1.29 is 19.1 Å². The summed E-state index contributed by atoms with van der Waals surface area (Å²) in [5.41, 5.74) is 1.49. The second-order valence-corrected chi connectivity index (χ2v) is 7.09. The molecule has 0 saturated carbocycles. The van der Waals surface area contributed by atoms with Crippen molar-refractivity contribution in [2.24, 2.45) is 0 Å². The van der Waals surface area contributed by atoms with Crippen LogP contribution in [-0.2, 0) is 9.59 Å². The van der Waals surface area contributed by atoms with Crippen LogP contribution in [0, 0.1) is 0 Å². The smallest absolute Gasteiger partial charge is 0.254 e. The van der Waals surface area contributed by atoms with Gasteiger partial charge in [-0.1, -0.05) is 30.3 Å². The molecule has 7 nitrogen and oxygen atoms in total. The summed E-state index contributed by atoms with van der Waals surface area (Å²) in [6.07, 6.45) is 0.267. The van der Waals surface area contributed by atoms with Crippen molar-refractivity contribution in [2.75, 3.05) is 10.6 Å². The summed E-state index contributed by atoms with van der Waals surface area (Å²) in [5.74, 6) is 0.453. The summed E-state index contributed by atoms with van der Waals surface area (Å²) < 4.78 is 5.73. The number of hydrogen-bond acceptors (Lipinski definition) is 4. The van der Waals surface area contributed by atoms with Crippen LogP contribution in [0.1, 0.15) is 23.2 Å². The van der Waals surface area contributed by atoms with Crippen molar-refractivity contribution in [1.29, 1.82) is 0 Å². The summed E-state index contributed by atoms with van der Waals surface area (Å²) in [4.78, 5) is 37.1. The number of carbonyl (C=O) groups excluding carboxylic acids is 3. The van der Waals surface area contributed by atoms with E-state index in [1.165, 1.54) is 0 Å². The molecule has 0 radical (unpaired) electrons. The first-order valence-electron chi connectivity index (χ1n) is 9.92. The molecule has 3 N–H and O–H groups in total. The van der Waals surface area contributed by atoms with Crippen molar-refractivity contribution in [3.8, 4) is 11.5 Å². The largest absolute Gasteiger partial charge is 0.457 e. The van der Waals surface area contributed by atoms with E-state index < -0.39 is 6.04 Å². The number of carbonyl (C=O) groups is 3. The number of rotatable bonds is 6. The Balaban J connectivity index is 1.30. The van der Waals surface area contributed by atoms with Gasteiger partial charge in [-0.05, 0) is 55.0 Å². The van der Waals surface area contributed by atoms with Crippen LogP contribution in [0.5, 0.6) is 11.5 Å². The Kier molecular flexibility index (Phi) is 5.93. The van der Waals surface area contributed by atoms with Crippen LogP contribution in [0.25, 0.3) is 0 Å². The Bertz CT molecular complexity index is 1100. The average Bonchev–Trinajstić information content (AvgIpc) is 2.90. The zero-order chi connectivity index (χ0) is 21.6. The second-order valence-electron chi connectivity index (χ2n) is 7.09. The highest BCUT2D eigenvalue weighted by Crippen LogP contribution is 2.23. The number of anilines is 2. The topological polar surface area (TPSA) is 96.5 Å². The van der Waals surface area contributed by atoms with E-state index in [4.69, 9.17) is 4.74 Å². The van der Waals surface area contributed by atoms with Gasteiger partial charge in [0, 0.05) is 12.1 Å². The third kappa shape index (κ3) is 5.08. The Morgan fingerprint density at radius 1 is 0.871 bits per heavy atom. The van der Waals surface area contributed by atoms with E-state index in [1.807, 2.05) is 30.3 Å². The summed E-state index contributed by atoms with van der Waals surface area (Å²) >= 11 is 0. The van der Waals surface area contributed by atoms with Gasteiger partial charge < -0.3 is 20.7 Å². The summed E-state index contributed by atoms with van der Waals surface area (Å²) in [6, 6.07) is 22.4. The van der Waals surface area contributed by atoms with E-state index in [2.05, 4.69) is 16.0 Å². The Hall–Kier alpha value is -4.13. The van der Waals surface area contributed by atoms with Gasteiger partial charge in [0.1, 0.15) is 17.5 Å². The van der Waals surface area contributed by atoms with Crippen molar-refractivity contribution in [3.63, 3.8) is 0 Å². The van der Waals surface area contributed by atoms with Crippen LogP contribution in [0.2, 0.25) is 0 Å². The lowest BCUT2D eigenvalue weighted by atomic mass is 10.1. The molecule has 7 heteroatoms. The molecule has 1 heterocycles. The van der Waals surface area contributed by atoms with Crippen molar-refractivity contribution >= 4 is 29.1 Å². The van der Waals surface area contributed by atoms with Gasteiger partial charge in [-0.15, -0.1) is 0 Å². The summed E-state index contributed by atoms with van der Waals surface area (Å²) in [6.45, 7) is 0. The maximum atomic E-state index is 12.4. The molecule has 156 valence electrons. The predicted molar refractivity (Wildman–Crippen MR) is 117 cm³/mol. The number of nitrogens with one attached hydrogen (secondary N) is 3. The molecule has 0 spiro atoms. The molecule has 0 bridgehead atoms. The molecule has 0 aliphatic carbocycles. The number of amides is 3. The third-order valence-electron chi connectivity index (χ3n) is 4.83. The van der Waals surface area contributed by atoms with Gasteiger partial charge in [-0.2, -0.15) is 0 Å². The first-order chi connectivity index (χ1) is 15.1. The molecule has 0 aromatic heterocycles. The van der Waals surface area contributed by atoms with Crippen LogP contribution in [-0.4, -0.2) is 23.8 Å². The van der Waals surface area contributed by atoms with Gasteiger partial charge >= 0.3 is 0 Å². The molecule has 3 aromatic rings. The van der Waals surface area contributed by atoms with Gasteiger partial charge in [-0.25, -0.2) is 0 Å². The Morgan fingerprint density at radius 2 is 1.55 bits per heavy atom. The fourth-order valence-electron chi connectivity index (χ4n) is 3.24. The minimum atomic E-state index is -0.785. The standard InChI is InChI=1S/C24H21N3O4/c28-22(25-16-10-12-18(13-11-16)31-17-6-2-1-3-7-17)15-14-21-24(30)26-20-9-5-4-8-19(20)23(29)27-21/h1-13,21H,14-15H2,(H,25,28)(H,26,30)(H,27,29). The molecule has 31 heavy (non-hydrogen) atoms. The quantitative estimate of drug-likeness (QED) is 0.568. The molecule has 4 rings (SSSR count). The van der Waals surface area contributed by atoms with E-state index in [0.29, 0.717) is 22.7 Å². The lowest BCUT2D eigenvalue weighted by Gasteiger charge is -2.14. The van der Waals surface area contributed by atoms with Gasteiger partial charge in [0.05, 0.1) is 11.3 Å². The number of benzene rings is 3. The van der Waals surface area contributed by atoms with Gasteiger partial charge in [0.2, 0.25) is 11.8 Å². The predicted octanol–water partition coefficient (Wildman–Crippen LogP) is 3.95. The lowest BCUT2D eigenvalue weighted by molar-refractivity contribution is -0.118. The number of ether oxygens (including phenoxy) is 1. The molecule has 1 atom stereocenters. The number of hydrogen-bond donors (Lipinski definition) is 3. The van der Waals surface area contributed by atoms with E-state index in [0.717, 1.165) is 5.75 Å². The SMILES string of the molecule is O=C(CCC1NC(=O)c2ccccc2NC1=O)Nc1ccc(Oc2ccccc2)cc1. The van der Waals surface area contributed by atoms with Gasteiger partial charge in [0.15, 0.2) is 0 Å². The average molecular weight is 415 g/mol. The van der Waals surface area contributed by atoms with Crippen LogP contribution >= 0.6 is 0 Å². The molecule has 1 aliphatic heterocycles. The molecular formula is C24H21N3O4. The first-order valence-corrected chi connectivity index (χ1v) is 9.92. The van der Waals surface area contributed by atoms with Crippen molar-refractivity contribution in [3.05, 3.63) is 84.4 Å². The summed E-state index contributed by atoms with van der Waals surface area (Å²) in [7, 11) is 0. The van der Waals surface area contributed by atoms with E-state index in [-0.39, 0.29) is 30.6 Å². The van der Waals surface area contributed by atoms with E-state index in [1.54, 1.807) is 48.5 Å². The highest BCUT2D eigenvalue weighted by Gasteiger charge is 2.27. The normalized spacial score (nSPS) is 15.2.